The molecular weight excluding hydrogens is 329 g/mol. The third-order valence-electron chi connectivity index (χ3n) is 2.92. The Bertz CT molecular complexity index is 875. The molecule has 22 heavy (non-hydrogen) atoms. The fraction of sp³-hybridized carbons (Fsp3) is 0.143. The SMILES string of the molecule is CS(=O)(=O)c1cccc(S(=O)(=O)NCc2ccc(F)cc2)c1. The van der Waals surface area contributed by atoms with E-state index in [4.69, 9.17) is 0 Å². The van der Waals surface area contributed by atoms with Crippen LogP contribution in [0.25, 0.3) is 0 Å². The highest BCUT2D eigenvalue weighted by Crippen LogP contribution is 2.16. The second kappa shape index (κ2) is 6.15. The average molecular weight is 343 g/mol. The molecule has 0 aromatic heterocycles. The fourth-order valence-electron chi connectivity index (χ4n) is 1.74. The van der Waals surface area contributed by atoms with Gasteiger partial charge in [-0.05, 0) is 35.9 Å². The second-order valence-electron chi connectivity index (χ2n) is 4.70. The normalized spacial score (nSPS) is 12.3. The Morgan fingerprint density at radius 2 is 1.55 bits per heavy atom. The lowest BCUT2D eigenvalue weighted by molar-refractivity contribution is 0.581. The summed E-state index contributed by atoms with van der Waals surface area (Å²) in [4.78, 5) is -0.213. The number of sulfone groups is 1. The molecule has 2 rings (SSSR count). The molecule has 2 aromatic carbocycles. The van der Waals surface area contributed by atoms with Gasteiger partial charge in [-0.15, -0.1) is 0 Å². The van der Waals surface area contributed by atoms with Crippen LogP contribution in [0.15, 0.2) is 58.3 Å². The molecular formula is C14H14FNO4S2. The van der Waals surface area contributed by atoms with Crippen molar-refractivity contribution in [3.05, 3.63) is 59.9 Å². The van der Waals surface area contributed by atoms with E-state index in [0.29, 0.717) is 5.56 Å². The van der Waals surface area contributed by atoms with Gasteiger partial charge >= 0.3 is 0 Å². The smallest absolute Gasteiger partial charge is 0.224 e. The maximum atomic E-state index is 12.8. The van der Waals surface area contributed by atoms with Gasteiger partial charge < -0.3 is 0 Å². The summed E-state index contributed by atoms with van der Waals surface area (Å²) in [6, 6.07) is 10.5. The zero-order valence-corrected chi connectivity index (χ0v) is 13.3. The van der Waals surface area contributed by atoms with Crippen LogP contribution in [-0.4, -0.2) is 23.1 Å². The molecule has 1 N–H and O–H groups in total. The summed E-state index contributed by atoms with van der Waals surface area (Å²) in [6.07, 6.45) is 1.00. The van der Waals surface area contributed by atoms with Crippen molar-refractivity contribution in [2.45, 2.75) is 16.3 Å². The maximum absolute atomic E-state index is 12.8. The summed E-state index contributed by atoms with van der Waals surface area (Å²) in [6.45, 7) is -0.0221. The monoisotopic (exact) mass is 343 g/mol. The van der Waals surface area contributed by atoms with Gasteiger partial charge in [0.1, 0.15) is 5.82 Å². The Hall–Kier alpha value is -1.77. The van der Waals surface area contributed by atoms with Gasteiger partial charge in [-0.2, -0.15) is 0 Å². The molecule has 0 heterocycles. The van der Waals surface area contributed by atoms with Crippen molar-refractivity contribution in [2.75, 3.05) is 6.26 Å². The lowest BCUT2D eigenvalue weighted by Gasteiger charge is -2.08. The van der Waals surface area contributed by atoms with Crippen molar-refractivity contribution >= 4 is 19.9 Å². The number of hydrogen-bond acceptors (Lipinski definition) is 4. The Balaban J connectivity index is 2.22. The largest absolute Gasteiger partial charge is 0.240 e. The minimum absolute atomic E-state index is 0.0221. The molecule has 5 nitrogen and oxygen atoms in total. The predicted molar refractivity (Wildman–Crippen MR) is 80.0 cm³/mol. The summed E-state index contributed by atoms with van der Waals surface area (Å²) in [5.74, 6) is -0.410. The second-order valence-corrected chi connectivity index (χ2v) is 8.48. The van der Waals surface area contributed by atoms with Crippen LogP contribution in [0.1, 0.15) is 5.56 Å². The molecule has 0 unspecified atom stereocenters. The van der Waals surface area contributed by atoms with Crippen molar-refractivity contribution in [3.63, 3.8) is 0 Å². The minimum atomic E-state index is -3.86. The van der Waals surface area contributed by atoms with E-state index < -0.39 is 25.7 Å². The van der Waals surface area contributed by atoms with Crippen LogP contribution in [0.2, 0.25) is 0 Å². The Labute approximate surface area is 128 Å². The van der Waals surface area contributed by atoms with Crippen molar-refractivity contribution in [1.82, 2.24) is 4.72 Å². The molecule has 0 atom stereocenters. The predicted octanol–water partition coefficient (Wildman–Crippen LogP) is 1.71. The van der Waals surface area contributed by atoms with E-state index in [2.05, 4.69) is 4.72 Å². The van der Waals surface area contributed by atoms with E-state index >= 15 is 0 Å². The molecule has 8 heteroatoms. The molecule has 0 aliphatic rings. The van der Waals surface area contributed by atoms with Crippen molar-refractivity contribution < 1.29 is 21.2 Å². The van der Waals surface area contributed by atoms with Gasteiger partial charge in [0, 0.05) is 12.8 Å². The average Bonchev–Trinajstić information content (AvgIpc) is 2.46. The molecule has 0 aliphatic carbocycles. The fourth-order valence-corrected chi connectivity index (χ4v) is 3.54. The maximum Gasteiger partial charge on any atom is 0.240 e. The highest BCUT2D eigenvalue weighted by Gasteiger charge is 2.16. The van der Waals surface area contributed by atoms with E-state index in [1.165, 1.54) is 42.5 Å². The van der Waals surface area contributed by atoms with Gasteiger partial charge in [0.25, 0.3) is 0 Å². The van der Waals surface area contributed by atoms with Gasteiger partial charge in [0.2, 0.25) is 10.0 Å². The van der Waals surface area contributed by atoms with E-state index in [9.17, 15) is 21.2 Å². The Morgan fingerprint density at radius 3 is 2.14 bits per heavy atom. The van der Waals surface area contributed by atoms with Gasteiger partial charge in [0.05, 0.1) is 9.79 Å². The standard InChI is InChI=1S/C14H14FNO4S2/c1-21(17,18)13-3-2-4-14(9-13)22(19,20)16-10-11-5-7-12(15)8-6-11/h2-9,16H,10H2,1H3. The van der Waals surface area contributed by atoms with Crippen LogP contribution in [-0.2, 0) is 26.4 Å². The van der Waals surface area contributed by atoms with E-state index in [1.807, 2.05) is 0 Å². The van der Waals surface area contributed by atoms with Crippen molar-refractivity contribution in [3.8, 4) is 0 Å². The molecule has 0 aliphatic heterocycles. The van der Waals surface area contributed by atoms with Gasteiger partial charge in [0.15, 0.2) is 9.84 Å². The number of hydrogen-bond donors (Lipinski definition) is 1. The van der Waals surface area contributed by atoms with Crippen LogP contribution >= 0.6 is 0 Å². The van der Waals surface area contributed by atoms with Gasteiger partial charge in [-0.3, -0.25) is 0 Å². The molecule has 0 saturated carbocycles. The first-order valence-corrected chi connectivity index (χ1v) is 9.60. The summed E-state index contributed by atoms with van der Waals surface area (Å²) >= 11 is 0. The molecule has 0 radical (unpaired) electrons. The van der Waals surface area contributed by atoms with E-state index in [0.717, 1.165) is 12.3 Å². The summed E-state index contributed by atoms with van der Waals surface area (Å²) in [7, 11) is -7.35. The van der Waals surface area contributed by atoms with Crippen LogP contribution < -0.4 is 4.72 Å². The quantitative estimate of drug-likeness (QED) is 0.896. The lowest BCUT2D eigenvalue weighted by Crippen LogP contribution is -2.23. The number of halogens is 1. The first-order valence-electron chi connectivity index (χ1n) is 6.23. The van der Waals surface area contributed by atoms with E-state index in [1.54, 1.807) is 0 Å². The van der Waals surface area contributed by atoms with Crippen LogP contribution in [0.5, 0.6) is 0 Å². The highest BCUT2D eigenvalue weighted by molar-refractivity contribution is 7.91. The van der Waals surface area contributed by atoms with Gasteiger partial charge in [-0.1, -0.05) is 18.2 Å². The zero-order chi connectivity index (χ0) is 16.4. The van der Waals surface area contributed by atoms with Crippen LogP contribution in [0.3, 0.4) is 0 Å². The number of rotatable bonds is 5. The third kappa shape index (κ3) is 4.12. The molecule has 0 saturated heterocycles. The van der Waals surface area contributed by atoms with Crippen molar-refractivity contribution in [2.24, 2.45) is 0 Å². The number of nitrogens with one attached hydrogen (secondary N) is 1. The topological polar surface area (TPSA) is 80.3 Å². The van der Waals surface area contributed by atoms with Crippen LogP contribution in [0.4, 0.5) is 4.39 Å². The van der Waals surface area contributed by atoms with Crippen LogP contribution in [0, 0.1) is 5.82 Å². The molecule has 0 bridgehead atoms. The minimum Gasteiger partial charge on any atom is -0.224 e. The summed E-state index contributed by atoms with van der Waals surface area (Å²) in [5, 5.41) is 0. The summed E-state index contributed by atoms with van der Waals surface area (Å²) in [5.41, 5.74) is 0.587. The Morgan fingerprint density at radius 1 is 0.955 bits per heavy atom. The number of sulfonamides is 1. The zero-order valence-electron chi connectivity index (χ0n) is 11.7. The molecule has 0 fully saturated rings. The molecule has 2 aromatic rings. The Kier molecular flexibility index (Phi) is 4.64. The first kappa shape index (κ1) is 16.6. The highest BCUT2D eigenvalue weighted by atomic mass is 32.2. The first-order chi connectivity index (χ1) is 10.2. The van der Waals surface area contributed by atoms with Crippen molar-refractivity contribution in [1.29, 1.82) is 0 Å². The third-order valence-corrected chi connectivity index (χ3v) is 5.43. The molecule has 118 valence electrons. The number of benzene rings is 2. The molecule has 0 amide bonds. The van der Waals surface area contributed by atoms with Gasteiger partial charge in [-0.25, -0.2) is 25.9 Å². The lowest BCUT2D eigenvalue weighted by atomic mass is 10.2. The summed E-state index contributed by atoms with van der Waals surface area (Å²) < 4.78 is 62.4. The van der Waals surface area contributed by atoms with E-state index in [-0.39, 0.29) is 16.3 Å². The molecule has 0 spiro atoms.